The van der Waals surface area contributed by atoms with E-state index in [0.717, 1.165) is 36.3 Å². The normalized spacial score (nSPS) is 31.7. The SMILES string of the molecule is C=CC1CCC(C2CC=C(C3CC[C@@H](c4ccc(OCC)c(F)c4F)CS3)CC2)CC1. The molecule has 170 valence electrons. The summed E-state index contributed by atoms with van der Waals surface area (Å²) in [7, 11) is 0. The molecule has 4 rings (SSSR count). The Morgan fingerprint density at radius 3 is 2.45 bits per heavy atom. The van der Waals surface area contributed by atoms with E-state index in [2.05, 4.69) is 18.7 Å². The number of halogens is 2. The molecular weight excluding hydrogens is 410 g/mol. The minimum Gasteiger partial charge on any atom is -0.491 e. The fraction of sp³-hybridized carbons (Fsp3) is 0.630. The van der Waals surface area contributed by atoms with E-state index in [1.165, 1.54) is 44.9 Å². The summed E-state index contributed by atoms with van der Waals surface area (Å²) < 4.78 is 34.1. The fourth-order valence-corrected chi connectivity index (χ4v) is 7.41. The third-order valence-electron chi connectivity index (χ3n) is 7.81. The van der Waals surface area contributed by atoms with E-state index in [1.807, 2.05) is 11.8 Å². The Morgan fingerprint density at radius 2 is 1.84 bits per heavy atom. The molecule has 2 aliphatic carbocycles. The molecule has 2 fully saturated rings. The lowest BCUT2D eigenvalue weighted by Gasteiger charge is -2.37. The third-order valence-corrected chi connectivity index (χ3v) is 9.34. The Morgan fingerprint density at radius 1 is 1.03 bits per heavy atom. The maximum Gasteiger partial charge on any atom is 0.200 e. The number of rotatable bonds is 6. The van der Waals surface area contributed by atoms with Gasteiger partial charge in [0.1, 0.15) is 0 Å². The second-order valence-corrected chi connectivity index (χ2v) is 10.8. The summed E-state index contributed by atoms with van der Waals surface area (Å²) in [6.07, 6.45) is 15.8. The second kappa shape index (κ2) is 10.6. The zero-order valence-corrected chi connectivity index (χ0v) is 19.6. The molecule has 1 heterocycles. The van der Waals surface area contributed by atoms with Crippen LogP contribution in [-0.2, 0) is 0 Å². The number of benzene rings is 1. The van der Waals surface area contributed by atoms with Gasteiger partial charge in [0, 0.05) is 11.0 Å². The molecule has 0 amide bonds. The van der Waals surface area contributed by atoms with Gasteiger partial charge >= 0.3 is 0 Å². The van der Waals surface area contributed by atoms with Crippen LogP contribution >= 0.6 is 11.8 Å². The van der Waals surface area contributed by atoms with Gasteiger partial charge in [-0.2, -0.15) is 16.2 Å². The maximum absolute atomic E-state index is 14.6. The number of ether oxygens (including phenoxy) is 1. The van der Waals surface area contributed by atoms with Crippen LogP contribution in [0, 0.1) is 29.4 Å². The molecule has 1 saturated carbocycles. The van der Waals surface area contributed by atoms with Gasteiger partial charge in [-0.3, -0.25) is 0 Å². The second-order valence-electron chi connectivity index (χ2n) is 9.53. The first kappa shape index (κ1) is 22.9. The molecule has 1 nitrogen and oxygen atoms in total. The summed E-state index contributed by atoms with van der Waals surface area (Å²) in [4.78, 5) is 0. The lowest BCUT2D eigenvalue weighted by atomic mass is 9.71. The summed E-state index contributed by atoms with van der Waals surface area (Å²) in [5.74, 6) is 1.91. The third kappa shape index (κ3) is 5.21. The summed E-state index contributed by atoms with van der Waals surface area (Å²) >= 11 is 1.94. The minimum absolute atomic E-state index is 0.0185. The average Bonchev–Trinajstić information content (AvgIpc) is 2.83. The van der Waals surface area contributed by atoms with E-state index >= 15 is 0 Å². The first-order valence-corrected chi connectivity index (χ1v) is 13.2. The largest absolute Gasteiger partial charge is 0.491 e. The van der Waals surface area contributed by atoms with Crippen LogP contribution in [0.15, 0.2) is 36.4 Å². The molecule has 0 N–H and O–H groups in total. The van der Waals surface area contributed by atoms with Crippen molar-refractivity contribution in [2.24, 2.45) is 17.8 Å². The summed E-state index contributed by atoms with van der Waals surface area (Å²) in [5, 5.41) is 0.560. The van der Waals surface area contributed by atoms with Crippen molar-refractivity contribution >= 4 is 11.8 Å². The van der Waals surface area contributed by atoms with E-state index in [-0.39, 0.29) is 11.7 Å². The van der Waals surface area contributed by atoms with Gasteiger partial charge in [-0.15, -0.1) is 6.58 Å². The molecular formula is C27H36F2OS. The molecule has 0 aromatic heterocycles. The van der Waals surface area contributed by atoms with Crippen molar-refractivity contribution in [1.29, 1.82) is 0 Å². The quantitative estimate of drug-likeness (QED) is 0.409. The monoisotopic (exact) mass is 446 g/mol. The van der Waals surface area contributed by atoms with Crippen molar-refractivity contribution in [2.75, 3.05) is 12.4 Å². The summed E-state index contributed by atoms with van der Waals surface area (Å²) in [5.41, 5.74) is 2.12. The van der Waals surface area contributed by atoms with Gasteiger partial charge in [0.05, 0.1) is 6.61 Å². The Bertz CT molecular complexity index is 789. The molecule has 2 unspecified atom stereocenters. The van der Waals surface area contributed by atoms with Crippen molar-refractivity contribution in [3.63, 3.8) is 0 Å². The molecule has 31 heavy (non-hydrogen) atoms. The number of allylic oxidation sites excluding steroid dienone is 2. The zero-order chi connectivity index (χ0) is 21.8. The predicted molar refractivity (Wildman–Crippen MR) is 127 cm³/mol. The van der Waals surface area contributed by atoms with Crippen molar-refractivity contribution < 1.29 is 13.5 Å². The van der Waals surface area contributed by atoms with Crippen molar-refractivity contribution in [1.82, 2.24) is 0 Å². The van der Waals surface area contributed by atoms with Crippen LogP contribution in [0.5, 0.6) is 5.75 Å². The van der Waals surface area contributed by atoms with E-state index < -0.39 is 11.6 Å². The molecule has 0 spiro atoms. The van der Waals surface area contributed by atoms with E-state index in [0.29, 0.717) is 17.4 Å². The molecule has 1 aromatic carbocycles. The lowest BCUT2D eigenvalue weighted by Crippen LogP contribution is -2.25. The highest BCUT2D eigenvalue weighted by Crippen LogP contribution is 2.45. The molecule has 3 atom stereocenters. The highest BCUT2D eigenvalue weighted by Gasteiger charge is 2.32. The highest BCUT2D eigenvalue weighted by molar-refractivity contribution is 8.00. The average molecular weight is 447 g/mol. The van der Waals surface area contributed by atoms with Crippen molar-refractivity contribution in [3.8, 4) is 5.75 Å². The summed E-state index contributed by atoms with van der Waals surface area (Å²) in [6.45, 7) is 6.08. The van der Waals surface area contributed by atoms with Gasteiger partial charge in [0.15, 0.2) is 11.6 Å². The van der Waals surface area contributed by atoms with E-state index in [9.17, 15) is 8.78 Å². The Hall–Kier alpha value is -1.29. The van der Waals surface area contributed by atoms with Gasteiger partial charge in [0.25, 0.3) is 0 Å². The predicted octanol–water partition coefficient (Wildman–Crippen LogP) is 8.06. The van der Waals surface area contributed by atoms with E-state index in [1.54, 1.807) is 24.6 Å². The van der Waals surface area contributed by atoms with Crippen LogP contribution in [0.4, 0.5) is 8.78 Å². The zero-order valence-electron chi connectivity index (χ0n) is 18.8. The molecule has 4 heteroatoms. The lowest BCUT2D eigenvalue weighted by molar-refractivity contribution is 0.209. The van der Waals surface area contributed by atoms with Crippen LogP contribution < -0.4 is 4.74 Å². The molecule has 1 aromatic rings. The summed E-state index contributed by atoms with van der Waals surface area (Å²) in [6, 6.07) is 3.31. The smallest absolute Gasteiger partial charge is 0.200 e. The number of thioether (sulfide) groups is 1. The molecule has 1 aliphatic heterocycles. The van der Waals surface area contributed by atoms with Gasteiger partial charge in [-0.1, -0.05) is 23.8 Å². The van der Waals surface area contributed by atoms with Crippen LogP contribution in [0.3, 0.4) is 0 Å². The van der Waals surface area contributed by atoms with Crippen molar-refractivity contribution in [2.45, 2.75) is 75.9 Å². The Balaban J connectivity index is 1.30. The van der Waals surface area contributed by atoms with Gasteiger partial charge in [-0.05, 0) is 100 Å². The van der Waals surface area contributed by atoms with Gasteiger partial charge in [0.2, 0.25) is 5.82 Å². The molecule has 3 aliphatic rings. The van der Waals surface area contributed by atoms with Gasteiger partial charge < -0.3 is 4.74 Å². The standard InChI is InChI=1S/C27H36F2OS/c1-3-18-5-7-19(8-6-18)20-9-11-21(12-10-20)25-16-13-22(17-31-25)23-14-15-24(30-4-2)27(29)26(23)28/h3,11,14-15,18-20,22,25H,1,4-10,12-13,16-17H2,2H3/t18?,19?,20?,22-,25?/m1/s1. The molecule has 1 saturated heterocycles. The van der Waals surface area contributed by atoms with Crippen LogP contribution in [0.2, 0.25) is 0 Å². The van der Waals surface area contributed by atoms with Crippen LogP contribution in [0.25, 0.3) is 0 Å². The minimum atomic E-state index is -0.838. The first-order chi connectivity index (χ1) is 15.1. The number of hydrogen-bond donors (Lipinski definition) is 0. The topological polar surface area (TPSA) is 9.23 Å². The molecule has 0 radical (unpaired) electrons. The van der Waals surface area contributed by atoms with Crippen LogP contribution in [0.1, 0.15) is 76.2 Å². The van der Waals surface area contributed by atoms with Crippen molar-refractivity contribution in [3.05, 3.63) is 53.6 Å². The van der Waals surface area contributed by atoms with Crippen LogP contribution in [-0.4, -0.2) is 17.6 Å². The first-order valence-electron chi connectivity index (χ1n) is 12.1. The van der Waals surface area contributed by atoms with E-state index in [4.69, 9.17) is 4.74 Å². The Kier molecular flexibility index (Phi) is 7.79. The number of hydrogen-bond acceptors (Lipinski definition) is 2. The molecule has 0 bridgehead atoms. The van der Waals surface area contributed by atoms with Gasteiger partial charge in [-0.25, -0.2) is 4.39 Å². The highest BCUT2D eigenvalue weighted by atomic mass is 32.2. The maximum atomic E-state index is 14.6. The fourth-order valence-electron chi connectivity index (χ4n) is 5.87. The Labute approximate surface area is 190 Å².